The van der Waals surface area contributed by atoms with Crippen LogP contribution < -0.4 is 15.4 Å². The zero-order chi connectivity index (χ0) is 19.1. The molecule has 0 unspecified atom stereocenters. The van der Waals surface area contributed by atoms with Crippen molar-refractivity contribution in [1.29, 1.82) is 0 Å². The van der Waals surface area contributed by atoms with Gasteiger partial charge in [-0.2, -0.15) is 8.78 Å². The number of rotatable bonds is 7. The van der Waals surface area contributed by atoms with E-state index in [-0.39, 0.29) is 11.7 Å². The van der Waals surface area contributed by atoms with Crippen LogP contribution in [0.3, 0.4) is 0 Å². The lowest BCUT2D eigenvalue weighted by atomic mass is 10.1. The van der Waals surface area contributed by atoms with Crippen LogP contribution >= 0.6 is 0 Å². The first-order valence-corrected chi connectivity index (χ1v) is 8.20. The quantitative estimate of drug-likeness (QED) is 0.650. The Balaban J connectivity index is 1.69. The van der Waals surface area contributed by atoms with Gasteiger partial charge in [0.1, 0.15) is 5.75 Å². The number of pyridine rings is 1. The van der Waals surface area contributed by atoms with Gasteiger partial charge < -0.3 is 15.4 Å². The van der Waals surface area contributed by atoms with E-state index in [1.807, 2.05) is 6.07 Å². The predicted molar refractivity (Wildman–Crippen MR) is 98.2 cm³/mol. The summed E-state index contributed by atoms with van der Waals surface area (Å²) in [7, 11) is 0. The molecular formula is C20H17F2N3O2. The number of hydrogen-bond donors (Lipinski definition) is 2. The number of hydrogen-bond acceptors (Lipinski definition) is 4. The average molecular weight is 369 g/mol. The van der Waals surface area contributed by atoms with Crippen LogP contribution in [0.2, 0.25) is 0 Å². The van der Waals surface area contributed by atoms with Crippen molar-refractivity contribution >= 4 is 17.3 Å². The Labute approximate surface area is 155 Å². The van der Waals surface area contributed by atoms with Gasteiger partial charge in [0.05, 0.1) is 11.3 Å². The highest BCUT2D eigenvalue weighted by Crippen LogP contribution is 2.23. The molecule has 5 nitrogen and oxygen atoms in total. The van der Waals surface area contributed by atoms with Gasteiger partial charge in [-0.15, -0.1) is 0 Å². The van der Waals surface area contributed by atoms with Gasteiger partial charge in [-0.05, 0) is 48.0 Å². The van der Waals surface area contributed by atoms with Crippen molar-refractivity contribution in [3.63, 3.8) is 0 Å². The number of nitrogens with zero attached hydrogens (tertiary/aromatic N) is 1. The monoisotopic (exact) mass is 369 g/mol. The molecule has 0 saturated heterocycles. The molecule has 0 aliphatic carbocycles. The smallest absolute Gasteiger partial charge is 0.387 e. The molecule has 2 N–H and O–H groups in total. The zero-order valence-electron chi connectivity index (χ0n) is 14.2. The molecule has 1 amide bonds. The number of carbonyl (C=O) groups excluding carboxylic acids is 1. The Kier molecular flexibility index (Phi) is 5.94. The third-order valence-corrected chi connectivity index (χ3v) is 3.71. The van der Waals surface area contributed by atoms with Crippen molar-refractivity contribution in [2.75, 3.05) is 5.32 Å². The summed E-state index contributed by atoms with van der Waals surface area (Å²) in [5.74, 6) is -0.169. The molecule has 7 heteroatoms. The van der Waals surface area contributed by atoms with E-state index in [9.17, 15) is 13.6 Å². The van der Waals surface area contributed by atoms with Gasteiger partial charge in [0.2, 0.25) is 0 Å². The highest BCUT2D eigenvalue weighted by Gasteiger charge is 2.11. The van der Waals surface area contributed by atoms with Gasteiger partial charge >= 0.3 is 6.61 Å². The fourth-order valence-corrected chi connectivity index (χ4v) is 2.45. The van der Waals surface area contributed by atoms with Crippen LogP contribution in [0.1, 0.15) is 15.9 Å². The number of benzene rings is 2. The Morgan fingerprint density at radius 1 is 1.04 bits per heavy atom. The fraction of sp³-hybridized carbons (Fsp3) is 0.100. The Morgan fingerprint density at radius 3 is 2.52 bits per heavy atom. The predicted octanol–water partition coefficient (Wildman–Crippen LogP) is 4.36. The van der Waals surface area contributed by atoms with E-state index in [0.717, 1.165) is 5.56 Å². The SMILES string of the molecule is O=C(NCc1cccnc1)c1ccccc1Nc1ccc(OC(F)F)cc1. The van der Waals surface area contributed by atoms with E-state index in [1.165, 1.54) is 12.1 Å². The molecule has 1 heterocycles. The number of ether oxygens (including phenoxy) is 1. The first-order chi connectivity index (χ1) is 13.1. The van der Waals surface area contributed by atoms with Crippen LogP contribution in [0.5, 0.6) is 5.75 Å². The summed E-state index contributed by atoms with van der Waals surface area (Å²) in [6.45, 7) is -2.51. The molecule has 0 bridgehead atoms. The van der Waals surface area contributed by atoms with Gasteiger partial charge in [-0.25, -0.2) is 0 Å². The maximum atomic E-state index is 12.5. The lowest BCUT2D eigenvalue weighted by Gasteiger charge is -2.13. The molecule has 0 aliphatic heterocycles. The van der Waals surface area contributed by atoms with Crippen molar-refractivity contribution in [3.05, 3.63) is 84.2 Å². The first kappa shape index (κ1) is 18.3. The van der Waals surface area contributed by atoms with Crippen molar-refractivity contribution in [2.24, 2.45) is 0 Å². The minimum Gasteiger partial charge on any atom is -0.435 e. The van der Waals surface area contributed by atoms with Crippen LogP contribution in [0.4, 0.5) is 20.2 Å². The van der Waals surface area contributed by atoms with Crippen molar-refractivity contribution in [3.8, 4) is 5.75 Å². The average Bonchev–Trinajstić information content (AvgIpc) is 2.68. The van der Waals surface area contributed by atoms with Gasteiger partial charge in [0.15, 0.2) is 0 Å². The molecule has 0 spiro atoms. The topological polar surface area (TPSA) is 63.2 Å². The summed E-state index contributed by atoms with van der Waals surface area (Å²) in [5.41, 5.74) is 2.60. The molecule has 0 aliphatic rings. The summed E-state index contributed by atoms with van der Waals surface area (Å²) in [4.78, 5) is 16.5. The summed E-state index contributed by atoms with van der Waals surface area (Å²) < 4.78 is 28.8. The lowest BCUT2D eigenvalue weighted by Crippen LogP contribution is -2.23. The van der Waals surface area contributed by atoms with Crippen molar-refractivity contribution in [2.45, 2.75) is 13.2 Å². The molecule has 3 rings (SSSR count). The molecule has 0 fully saturated rings. The van der Waals surface area contributed by atoms with Crippen LogP contribution in [0.15, 0.2) is 73.1 Å². The van der Waals surface area contributed by atoms with E-state index in [4.69, 9.17) is 0 Å². The minimum atomic E-state index is -2.87. The molecule has 138 valence electrons. The molecule has 0 atom stereocenters. The highest BCUT2D eigenvalue weighted by atomic mass is 19.3. The van der Waals surface area contributed by atoms with Gasteiger partial charge in [0, 0.05) is 24.6 Å². The summed E-state index contributed by atoms with van der Waals surface area (Å²) in [6, 6.07) is 16.8. The second-order valence-corrected chi connectivity index (χ2v) is 5.62. The number of nitrogens with one attached hydrogen (secondary N) is 2. The Morgan fingerprint density at radius 2 is 1.81 bits per heavy atom. The molecule has 27 heavy (non-hydrogen) atoms. The Bertz CT molecular complexity index is 887. The third kappa shape index (κ3) is 5.24. The molecular weight excluding hydrogens is 352 g/mol. The number of anilines is 2. The summed E-state index contributed by atoms with van der Waals surface area (Å²) in [6.07, 6.45) is 3.36. The van der Waals surface area contributed by atoms with E-state index < -0.39 is 6.61 Å². The first-order valence-electron chi connectivity index (χ1n) is 8.20. The molecule has 3 aromatic rings. The maximum Gasteiger partial charge on any atom is 0.387 e. The standard InChI is InChI=1S/C20H17F2N3O2/c21-20(22)27-16-9-7-15(8-10-16)25-18-6-2-1-5-17(18)19(26)24-13-14-4-3-11-23-12-14/h1-12,20,25H,13H2,(H,24,26). The third-order valence-electron chi connectivity index (χ3n) is 3.71. The number of alkyl halides is 2. The van der Waals surface area contributed by atoms with Crippen molar-refractivity contribution in [1.82, 2.24) is 10.3 Å². The van der Waals surface area contributed by atoms with Gasteiger partial charge in [-0.3, -0.25) is 9.78 Å². The number of aromatic nitrogens is 1. The van der Waals surface area contributed by atoms with Crippen LogP contribution in [-0.4, -0.2) is 17.5 Å². The molecule has 2 aromatic carbocycles. The normalized spacial score (nSPS) is 10.5. The lowest BCUT2D eigenvalue weighted by molar-refractivity contribution is -0.0498. The number of amides is 1. The van der Waals surface area contributed by atoms with Crippen LogP contribution in [0.25, 0.3) is 0 Å². The molecule has 1 aromatic heterocycles. The van der Waals surface area contributed by atoms with E-state index in [0.29, 0.717) is 23.5 Å². The van der Waals surface area contributed by atoms with Crippen LogP contribution in [0, 0.1) is 0 Å². The van der Waals surface area contributed by atoms with E-state index in [1.54, 1.807) is 54.9 Å². The number of carbonyl (C=O) groups is 1. The zero-order valence-corrected chi connectivity index (χ0v) is 14.2. The largest absolute Gasteiger partial charge is 0.435 e. The second-order valence-electron chi connectivity index (χ2n) is 5.62. The van der Waals surface area contributed by atoms with Gasteiger partial charge in [0.25, 0.3) is 5.91 Å². The van der Waals surface area contributed by atoms with E-state index in [2.05, 4.69) is 20.4 Å². The van der Waals surface area contributed by atoms with Gasteiger partial charge in [-0.1, -0.05) is 18.2 Å². The minimum absolute atomic E-state index is 0.0676. The van der Waals surface area contributed by atoms with Crippen LogP contribution in [-0.2, 0) is 6.54 Å². The van der Waals surface area contributed by atoms with E-state index >= 15 is 0 Å². The highest BCUT2D eigenvalue weighted by molar-refractivity contribution is 6.00. The summed E-state index contributed by atoms with van der Waals surface area (Å²) >= 11 is 0. The maximum absolute atomic E-state index is 12.5. The molecule has 0 saturated carbocycles. The molecule has 0 radical (unpaired) electrons. The summed E-state index contributed by atoms with van der Waals surface area (Å²) in [5, 5.41) is 5.97. The fourth-order valence-electron chi connectivity index (χ4n) is 2.45. The number of halogens is 2. The Hall–Kier alpha value is -3.48. The number of para-hydroxylation sites is 1. The second kappa shape index (κ2) is 8.75. The van der Waals surface area contributed by atoms with Crippen molar-refractivity contribution < 1.29 is 18.3 Å².